The zero-order valence-corrected chi connectivity index (χ0v) is 11.8. The van der Waals surface area contributed by atoms with Crippen LogP contribution >= 0.6 is 0 Å². The quantitative estimate of drug-likeness (QED) is 0.916. The number of hydrogen-bond acceptors (Lipinski definition) is 2. The van der Waals surface area contributed by atoms with Gasteiger partial charge in [-0.1, -0.05) is 18.2 Å². The van der Waals surface area contributed by atoms with Crippen LogP contribution < -0.4 is 0 Å². The Bertz CT molecular complexity index is 649. The van der Waals surface area contributed by atoms with Gasteiger partial charge < -0.3 is 4.98 Å². The van der Waals surface area contributed by atoms with Crippen LogP contribution in [0.2, 0.25) is 0 Å². The Hall–Kier alpha value is -1.33. The van der Waals surface area contributed by atoms with Crippen molar-refractivity contribution in [2.75, 3.05) is 19.3 Å². The van der Waals surface area contributed by atoms with Crippen molar-refractivity contribution in [2.24, 2.45) is 0 Å². The van der Waals surface area contributed by atoms with E-state index >= 15 is 0 Å². The zero-order valence-electron chi connectivity index (χ0n) is 11.0. The van der Waals surface area contributed by atoms with Crippen molar-refractivity contribution in [3.05, 3.63) is 36.0 Å². The van der Waals surface area contributed by atoms with Crippen LogP contribution in [0.5, 0.6) is 0 Å². The zero-order chi connectivity index (χ0) is 13.5. The second kappa shape index (κ2) is 4.65. The van der Waals surface area contributed by atoms with Gasteiger partial charge in [-0.25, -0.2) is 12.7 Å². The Morgan fingerprint density at radius 1 is 1.21 bits per heavy atom. The SMILES string of the molecule is CS(=O)(=O)N1CCC(c2cc3ccccc3[nH]2)CC1. The molecule has 0 bridgehead atoms. The van der Waals surface area contributed by atoms with Crippen LogP contribution in [-0.2, 0) is 10.0 Å². The van der Waals surface area contributed by atoms with E-state index in [0.29, 0.717) is 19.0 Å². The van der Waals surface area contributed by atoms with Crippen LogP contribution in [0.15, 0.2) is 30.3 Å². The maximum atomic E-state index is 11.5. The molecule has 0 atom stereocenters. The van der Waals surface area contributed by atoms with E-state index in [1.165, 1.54) is 17.3 Å². The molecule has 5 heteroatoms. The highest BCUT2D eigenvalue weighted by atomic mass is 32.2. The summed E-state index contributed by atoms with van der Waals surface area (Å²) in [6.07, 6.45) is 3.07. The van der Waals surface area contributed by atoms with Crippen LogP contribution in [0.4, 0.5) is 0 Å². The van der Waals surface area contributed by atoms with E-state index in [1.807, 2.05) is 12.1 Å². The molecule has 0 saturated carbocycles. The third-order valence-electron chi connectivity index (χ3n) is 3.91. The van der Waals surface area contributed by atoms with Crippen LogP contribution in [0.1, 0.15) is 24.5 Å². The normalized spacial score (nSPS) is 19.0. The Labute approximate surface area is 113 Å². The van der Waals surface area contributed by atoms with E-state index < -0.39 is 10.0 Å². The molecule has 0 spiro atoms. The van der Waals surface area contributed by atoms with Crippen LogP contribution in [-0.4, -0.2) is 37.1 Å². The molecule has 1 saturated heterocycles. The number of H-pyrrole nitrogens is 1. The molecule has 0 aliphatic carbocycles. The van der Waals surface area contributed by atoms with Crippen LogP contribution in [0, 0.1) is 0 Å². The summed E-state index contributed by atoms with van der Waals surface area (Å²) in [7, 11) is -3.03. The molecular formula is C14H18N2O2S. The first kappa shape index (κ1) is 12.7. The maximum Gasteiger partial charge on any atom is 0.211 e. The van der Waals surface area contributed by atoms with Crippen molar-refractivity contribution in [3.63, 3.8) is 0 Å². The molecule has 0 unspecified atom stereocenters. The Morgan fingerprint density at radius 2 is 1.89 bits per heavy atom. The van der Waals surface area contributed by atoms with Crippen molar-refractivity contribution < 1.29 is 8.42 Å². The lowest BCUT2D eigenvalue weighted by atomic mass is 9.95. The largest absolute Gasteiger partial charge is 0.358 e. The average molecular weight is 278 g/mol. The molecule has 1 aliphatic heterocycles. The minimum atomic E-state index is -3.03. The first-order chi connectivity index (χ1) is 9.04. The van der Waals surface area contributed by atoms with Gasteiger partial charge in [0.15, 0.2) is 0 Å². The lowest BCUT2D eigenvalue weighted by Crippen LogP contribution is -2.37. The van der Waals surface area contributed by atoms with Crippen molar-refractivity contribution in [3.8, 4) is 0 Å². The van der Waals surface area contributed by atoms with Crippen molar-refractivity contribution in [1.82, 2.24) is 9.29 Å². The van der Waals surface area contributed by atoms with Gasteiger partial charge in [0.1, 0.15) is 0 Å². The molecule has 4 nitrogen and oxygen atoms in total. The number of piperidine rings is 1. The van der Waals surface area contributed by atoms with Gasteiger partial charge in [0, 0.05) is 30.2 Å². The van der Waals surface area contributed by atoms with E-state index in [9.17, 15) is 8.42 Å². The van der Waals surface area contributed by atoms with Gasteiger partial charge in [-0.2, -0.15) is 0 Å². The topological polar surface area (TPSA) is 53.2 Å². The first-order valence-corrected chi connectivity index (χ1v) is 8.41. The first-order valence-electron chi connectivity index (χ1n) is 6.57. The minimum absolute atomic E-state index is 0.436. The number of para-hydroxylation sites is 1. The van der Waals surface area contributed by atoms with E-state index in [2.05, 4.69) is 23.2 Å². The smallest absolute Gasteiger partial charge is 0.211 e. The molecule has 2 aromatic rings. The molecular weight excluding hydrogens is 260 g/mol. The fourth-order valence-electron chi connectivity index (χ4n) is 2.81. The number of nitrogens with one attached hydrogen (secondary N) is 1. The third-order valence-corrected chi connectivity index (χ3v) is 5.22. The second-order valence-corrected chi connectivity index (χ2v) is 7.23. The Balaban J connectivity index is 1.78. The highest BCUT2D eigenvalue weighted by molar-refractivity contribution is 7.88. The van der Waals surface area contributed by atoms with Gasteiger partial charge in [-0.05, 0) is 30.4 Å². The number of rotatable bonds is 2. The predicted molar refractivity (Wildman–Crippen MR) is 76.7 cm³/mol. The number of aromatic nitrogens is 1. The van der Waals surface area contributed by atoms with Gasteiger partial charge >= 0.3 is 0 Å². The number of aromatic amines is 1. The van der Waals surface area contributed by atoms with Gasteiger partial charge in [0.2, 0.25) is 10.0 Å². The molecule has 0 radical (unpaired) electrons. The fraction of sp³-hybridized carbons (Fsp3) is 0.429. The fourth-order valence-corrected chi connectivity index (χ4v) is 3.69. The van der Waals surface area contributed by atoms with Crippen molar-refractivity contribution in [1.29, 1.82) is 0 Å². The summed E-state index contributed by atoms with van der Waals surface area (Å²) >= 11 is 0. The van der Waals surface area contributed by atoms with E-state index in [0.717, 1.165) is 18.4 Å². The summed E-state index contributed by atoms with van der Waals surface area (Å²) in [6.45, 7) is 1.25. The number of fused-ring (bicyclic) bond motifs is 1. The van der Waals surface area contributed by atoms with Crippen molar-refractivity contribution in [2.45, 2.75) is 18.8 Å². The molecule has 1 aromatic carbocycles. The van der Waals surface area contributed by atoms with Gasteiger partial charge in [0.25, 0.3) is 0 Å². The number of hydrogen-bond donors (Lipinski definition) is 1. The van der Waals surface area contributed by atoms with Crippen LogP contribution in [0.25, 0.3) is 10.9 Å². The molecule has 3 rings (SSSR count). The summed E-state index contributed by atoms with van der Waals surface area (Å²) in [5, 5.41) is 1.23. The Morgan fingerprint density at radius 3 is 2.53 bits per heavy atom. The van der Waals surface area contributed by atoms with Gasteiger partial charge in [-0.15, -0.1) is 0 Å². The molecule has 0 amide bonds. The lowest BCUT2D eigenvalue weighted by molar-refractivity contribution is 0.319. The van der Waals surface area contributed by atoms with Gasteiger partial charge in [0.05, 0.1) is 6.26 Å². The number of sulfonamides is 1. The minimum Gasteiger partial charge on any atom is -0.358 e. The summed E-state index contributed by atoms with van der Waals surface area (Å²) in [5.74, 6) is 0.436. The summed E-state index contributed by atoms with van der Waals surface area (Å²) < 4.78 is 24.6. The van der Waals surface area contributed by atoms with Crippen molar-refractivity contribution >= 4 is 20.9 Å². The summed E-state index contributed by atoms with van der Waals surface area (Å²) in [6, 6.07) is 10.4. The predicted octanol–water partition coefficient (Wildman–Crippen LogP) is 2.31. The van der Waals surface area contributed by atoms with Gasteiger partial charge in [-0.3, -0.25) is 0 Å². The lowest BCUT2D eigenvalue weighted by Gasteiger charge is -2.29. The molecule has 1 aliphatic rings. The van der Waals surface area contributed by atoms with Crippen LogP contribution in [0.3, 0.4) is 0 Å². The summed E-state index contributed by atoms with van der Waals surface area (Å²) in [4.78, 5) is 3.45. The molecule has 1 aromatic heterocycles. The molecule has 19 heavy (non-hydrogen) atoms. The van der Waals surface area contributed by atoms with E-state index in [-0.39, 0.29) is 0 Å². The molecule has 102 valence electrons. The Kier molecular flexibility index (Phi) is 3.11. The second-order valence-electron chi connectivity index (χ2n) is 5.25. The monoisotopic (exact) mass is 278 g/mol. The summed E-state index contributed by atoms with van der Waals surface area (Å²) in [5.41, 5.74) is 2.39. The molecule has 1 fully saturated rings. The highest BCUT2D eigenvalue weighted by Gasteiger charge is 2.26. The highest BCUT2D eigenvalue weighted by Crippen LogP contribution is 2.30. The third kappa shape index (κ3) is 2.53. The molecule has 1 N–H and O–H groups in total. The number of nitrogens with zero attached hydrogens (tertiary/aromatic N) is 1. The standard InChI is InChI=1S/C14H18N2O2S/c1-19(17,18)16-8-6-11(7-9-16)14-10-12-4-2-3-5-13(12)15-14/h2-5,10-11,15H,6-9H2,1H3. The van der Waals surface area contributed by atoms with E-state index in [4.69, 9.17) is 0 Å². The molecule has 2 heterocycles. The number of benzene rings is 1. The van der Waals surface area contributed by atoms with E-state index in [1.54, 1.807) is 4.31 Å². The average Bonchev–Trinajstić information content (AvgIpc) is 2.81. The maximum absolute atomic E-state index is 11.5.